The van der Waals surface area contributed by atoms with Crippen LogP contribution in [0.2, 0.25) is 0 Å². The van der Waals surface area contributed by atoms with Crippen molar-refractivity contribution >= 4 is 68.4 Å². The normalized spacial score (nSPS) is 17.4. The van der Waals surface area contributed by atoms with Crippen LogP contribution >= 0.6 is 23.5 Å². The zero-order chi connectivity index (χ0) is 27.6. The summed E-state index contributed by atoms with van der Waals surface area (Å²) in [6.45, 7) is 4.03. The van der Waals surface area contributed by atoms with E-state index in [0.717, 1.165) is 45.0 Å². The second kappa shape index (κ2) is 11.2. The number of hydrogen-bond acceptors (Lipinski definition) is 6. The van der Waals surface area contributed by atoms with Gasteiger partial charge in [0.25, 0.3) is 0 Å². The lowest BCUT2D eigenvalue weighted by molar-refractivity contribution is -0.115. The molecule has 8 heteroatoms. The van der Waals surface area contributed by atoms with Gasteiger partial charge < -0.3 is 0 Å². The number of para-hydroxylation sites is 2. The Hall–Kier alpha value is -4.14. The first kappa shape index (κ1) is 26.1. The largest absolute Gasteiger partial charge is 0.273 e. The van der Waals surface area contributed by atoms with Crippen LogP contribution in [-0.2, 0) is 9.59 Å². The van der Waals surface area contributed by atoms with Crippen LogP contribution in [0.3, 0.4) is 0 Å². The maximum atomic E-state index is 12.8. The van der Waals surface area contributed by atoms with Crippen LogP contribution in [0.4, 0.5) is 22.7 Å². The van der Waals surface area contributed by atoms with Gasteiger partial charge in [-0.1, -0.05) is 72.1 Å². The highest BCUT2D eigenvalue weighted by Gasteiger charge is 2.32. The summed E-state index contributed by atoms with van der Waals surface area (Å²) in [6.07, 6.45) is 0. The van der Waals surface area contributed by atoms with Gasteiger partial charge in [0.1, 0.15) is 0 Å². The summed E-state index contributed by atoms with van der Waals surface area (Å²) >= 11 is 2.91. The molecule has 0 radical (unpaired) electrons. The van der Waals surface area contributed by atoms with E-state index in [1.165, 1.54) is 23.5 Å². The molecule has 4 aromatic carbocycles. The quantitative estimate of drug-likeness (QED) is 0.253. The molecule has 0 aliphatic carbocycles. The van der Waals surface area contributed by atoms with Crippen LogP contribution in [0.25, 0.3) is 11.1 Å². The zero-order valence-corrected chi connectivity index (χ0v) is 23.7. The molecule has 0 N–H and O–H groups in total. The third kappa shape index (κ3) is 5.20. The maximum absolute atomic E-state index is 12.8. The van der Waals surface area contributed by atoms with Crippen LogP contribution < -0.4 is 9.80 Å². The SMILES string of the molecule is Cc1cc(-c2ccc(N3C(=O)CSC3=Nc3ccccc3)c(C)c2)ccc1N1C(=O)CSC1=Nc1ccccc1. The van der Waals surface area contributed by atoms with Crippen LogP contribution in [-0.4, -0.2) is 33.7 Å². The first-order valence-corrected chi connectivity index (χ1v) is 14.9. The molecule has 0 saturated carbocycles. The Morgan fingerprint density at radius 3 is 1.35 bits per heavy atom. The van der Waals surface area contributed by atoms with E-state index in [2.05, 4.69) is 12.1 Å². The lowest BCUT2D eigenvalue weighted by Crippen LogP contribution is -2.29. The van der Waals surface area contributed by atoms with Crippen molar-refractivity contribution in [1.82, 2.24) is 0 Å². The van der Waals surface area contributed by atoms with Crippen molar-refractivity contribution < 1.29 is 9.59 Å². The molecule has 0 aromatic heterocycles. The van der Waals surface area contributed by atoms with E-state index in [-0.39, 0.29) is 11.8 Å². The number of anilines is 2. The molecule has 4 aromatic rings. The van der Waals surface area contributed by atoms with Gasteiger partial charge in [-0.15, -0.1) is 0 Å². The minimum absolute atomic E-state index is 0.0249. The van der Waals surface area contributed by atoms with Crippen LogP contribution in [0.15, 0.2) is 107 Å². The molecule has 6 rings (SSSR count). The number of aliphatic imine (C=N–C) groups is 2. The van der Waals surface area contributed by atoms with E-state index in [0.29, 0.717) is 21.8 Å². The predicted molar refractivity (Wildman–Crippen MR) is 168 cm³/mol. The maximum Gasteiger partial charge on any atom is 0.243 e. The van der Waals surface area contributed by atoms with E-state index in [1.54, 1.807) is 9.80 Å². The van der Waals surface area contributed by atoms with Crippen molar-refractivity contribution in [3.63, 3.8) is 0 Å². The Morgan fingerprint density at radius 2 is 0.975 bits per heavy atom. The second-order valence-corrected chi connectivity index (χ2v) is 11.4. The molecule has 0 spiro atoms. The Balaban J connectivity index is 1.29. The summed E-state index contributed by atoms with van der Waals surface area (Å²) in [5.41, 5.74) is 7.36. The summed E-state index contributed by atoms with van der Waals surface area (Å²) in [5, 5.41) is 1.38. The molecule has 2 saturated heterocycles. The number of nitrogens with zero attached hydrogens (tertiary/aromatic N) is 4. The van der Waals surface area contributed by atoms with Crippen molar-refractivity contribution in [2.75, 3.05) is 21.3 Å². The average molecular weight is 563 g/mol. The Labute approximate surface area is 241 Å². The van der Waals surface area contributed by atoms with Crippen molar-refractivity contribution in [2.45, 2.75) is 13.8 Å². The number of amidine groups is 2. The summed E-state index contributed by atoms with van der Waals surface area (Å²) in [7, 11) is 0. The number of carbonyl (C=O) groups is 2. The van der Waals surface area contributed by atoms with Gasteiger partial charge in [-0.3, -0.25) is 19.4 Å². The fourth-order valence-corrected chi connectivity index (χ4v) is 6.52. The van der Waals surface area contributed by atoms with Crippen LogP contribution in [0, 0.1) is 13.8 Å². The number of aryl methyl sites for hydroxylation is 2. The van der Waals surface area contributed by atoms with Crippen molar-refractivity contribution in [2.24, 2.45) is 9.98 Å². The summed E-state index contributed by atoms with van der Waals surface area (Å²) in [5.74, 6) is 0.793. The molecule has 0 unspecified atom stereocenters. The standard InChI is InChI=1S/C32H26N4O2S2/c1-21-17-23(13-15-27(21)35-29(37)19-39-31(35)33-25-9-5-3-6-10-25)24-14-16-28(22(2)18-24)36-30(38)20-40-32(36)34-26-11-7-4-8-12-26/h3-18H,19-20H2,1-2H3. The minimum Gasteiger partial charge on any atom is -0.273 e. The smallest absolute Gasteiger partial charge is 0.243 e. The van der Waals surface area contributed by atoms with Crippen molar-refractivity contribution in [3.8, 4) is 11.1 Å². The molecule has 2 fully saturated rings. The van der Waals surface area contributed by atoms with Gasteiger partial charge in [0.05, 0.1) is 34.3 Å². The van der Waals surface area contributed by atoms with Gasteiger partial charge in [0, 0.05) is 0 Å². The lowest BCUT2D eigenvalue weighted by atomic mass is 9.99. The van der Waals surface area contributed by atoms with E-state index in [4.69, 9.17) is 9.98 Å². The van der Waals surface area contributed by atoms with Gasteiger partial charge in [0.2, 0.25) is 11.8 Å². The molecular weight excluding hydrogens is 537 g/mol. The summed E-state index contributed by atoms with van der Waals surface area (Å²) in [6, 6.07) is 31.6. The average Bonchev–Trinajstić information content (AvgIpc) is 3.51. The number of hydrogen-bond donors (Lipinski definition) is 0. The van der Waals surface area contributed by atoms with Gasteiger partial charge in [-0.25, -0.2) is 9.98 Å². The topological polar surface area (TPSA) is 65.3 Å². The predicted octanol–water partition coefficient (Wildman–Crippen LogP) is 7.51. The van der Waals surface area contributed by atoms with E-state index >= 15 is 0 Å². The highest BCUT2D eigenvalue weighted by Crippen LogP contribution is 2.36. The molecule has 2 aliphatic heterocycles. The molecular formula is C32H26N4O2S2. The molecule has 0 bridgehead atoms. The number of amides is 2. The van der Waals surface area contributed by atoms with Crippen LogP contribution in [0.5, 0.6) is 0 Å². The van der Waals surface area contributed by atoms with E-state index in [1.807, 2.05) is 98.8 Å². The summed E-state index contributed by atoms with van der Waals surface area (Å²) in [4.78, 5) is 38.6. The van der Waals surface area contributed by atoms with Crippen molar-refractivity contribution in [1.29, 1.82) is 0 Å². The third-order valence-electron chi connectivity index (χ3n) is 6.70. The molecule has 2 amide bonds. The Bertz CT molecular complexity index is 1540. The molecule has 40 heavy (non-hydrogen) atoms. The van der Waals surface area contributed by atoms with Crippen LogP contribution in [0.1, 0.15) is 11.1 Å². The Morgan fingerprint density at radius 1 is 0.575 bits per heavy atom. The molecule has 0 atom stereocenters. The zero-order valence-electron chi connectivity index (χ0n) is 22.1. The second-order valence-electron chi connectivity index (χ2n) is 9.50. The van der Waals surface area contributed by atoms with Gasteiger partial charge in [-0.05, 0) is 84.6 Å². The monoisotopic (exact) mass is 562 g/mol. The summed E-state index contributed by atoms with van der Waals surface area (Å²) < 4.78 is 0. The molecule has 2 aliphatic rings. The number of benzene rings is 4. The third-order valence-corrected chi connectivity index (χ3v) is 8.55. The van der Waals surface area contributed by atoms with E-state index in [9.17, 15) is 9.59 Å². The van der Waals surface area contributed by atoms with Gasteiger partial charge in [0.15, 0.2) is 10.3 Å². The van der Waals surface area contributed by atoms with E-state index < -0.39 is 0 Å². The lowest BCUT2D eigenvalue weighted by Gasteiger charge is -2.21. The van der Waals surface area contributed by atoms with Gasteiger partial charge >= 0.3 is 0 Å². The van der Waals surface area contributed by atoms with Crippen molar-refractivity contribution in [3.05, 3.63) is 108 Å². The fraction of sp³-hybridized carbons (Fsp3) is 0.125. The molecule has 2 heterocycles. The fourth-order valence-electron chi connectivity index (χ4n) is 4.76. The highest BCUT2D eigenvalue weighted by atomic mass is 32.2. The van der Waals surface area contributed by atoms with Gasteiger partial charge in [-0.2, -0.15) is 0 Å². The Kier molecular flexibility index (Phi) is 7.28. The number of rotatable bonds is 5. The number of thioether (sulfide) groups is 2. The number of carbonyl (C=O) groups excluding carboxylic acids is 2. The first-order valence-electron chi connectivity index (χ1n) is 12.9. The molecule has 6 nitrogen and oxygen atoms in total. The first-order chi connectivity index (χ1) is 19.5. The molecule has 198 valence electrons. The highest BCUT2D eigenvalue weighted by molar-refractivity contribution is 8.15. The minimum atomic E-state index is 0.0249.